The van der Waals surface area contributed by atoms with Crippen LogP contribution in [-0.4, -0.2) is 22.1 Å². The van der Waals surface area contributed by atoms with Crippen molar-refractivity contribution in [3.63, 3.8) is 0 Å². The van der Waals surface area contributed by atoms with Crippen LogP contribution in [0.15, 0.2) is 64.6 Å². The lowest BCUT2D eigenvalue weighted by atomic mass is 10.2. The Morgan fingerprint density at radius 1 is 1.19 bits per heavy atom. The molecule has 0 aliphatic heterocycles. The van der Waals surface area contributed by atoms with Gasteiger partial charge in [-0.2, -0.15) is 0 Å². The molecule has 4 nitrogen and oxygen atoms in total. The number of hydrogen-bond acceptors (Lipinski definition) is 4. The minimum Gasteiger partial charge on any atom is -0.462 e. The van der Waals surface area contributed by atoms with Crippen molar-refractivity contribution in [1.29, 1.82) is 0 Å². The predicted molar refractivity (Wildman–Crippen MR) is 127 cm³/mol. The van der Waals surface area contributed by atoms with E-state index in [-0.39, 0.29) is 12.2 Å². The number of carbonyl (C=O) groups excluding carboxylic acids is 1. The molecular formula is C25H22ClFN2O2S. The van der Waals surface area contributed by atoms with Crippen molar-refractivity contribution in [3.8, 4) is 5.69 Å². The van der Waals surface area contributed by atoms with Crippen LogP contribution >= 0.6 is 23.4 Å². The zero-order valence-electron chi connectivity index (χ0n) is 18.0. The molecule has 164 valence electrons. The molecule has 0 atom stereocenters. The van der Waals surface area contributed by atoms with Crippen LogP contribution in [0.1, 0.15) is 35.5 Å². The van der Waals surface area contributed by atoms with Gasteiger partial charge < -0.3 is 9.30 Å². The second-order valence-corrected chi connectivity index (χ2v) is 8.75. The molecular weight excluding hydrogens is 447 g/mol. The second kappa shape index (κ2) is 9.35. The third-order valence-corrected chi connectivity index (χ3v) is 6.72. The third-order valence-electron chi connectivity index (χ3n) is 5.23. The van der Waals surface area contributed by atoms with Crippen molar-refractivity contribution in [1.82, 2.24) is 9.55 Å². The topological polar surface area (TPSA) is 44.1 Å². The molecule has 2 aromatic heterocycles. The van der Waals surface area contributed by atoms with Crippen molar-refractivity contribution < 1.29 is 13.9 Å². The molecule has 2 aromatic carbocycles. The molecule has 7 heteroatoms. The lowest BCUT2D eigenvalue weighted by molar-refractivity contribution is 0.0520. The van der Waals surface area contributed by atoms with Crippen molar-refractivity contribution in [2.45, 2.75) is 37.0 Å². The fourth-order valence-corrected chi connectivity index (χ4v) is 4.93. The number of carbonyl (C=O) groups is 1. The summed E-state index contributed by atoms with van der Waals surface area (Å²) in [6.45, 7) is 5.95. The van der Waals surface area contributed by atoms with Gasteiger partial charge in [-0.05, 0) is 56.2 Å². The quantitative estimate of drug-likeness (QED) is 0.285. The van der Waals surface area contributed by atoms with E-state index in [0.717, 1.165) is 39.2 Å². The fourth-order valence-electron chi connectivity index (χ4n) is 3.68. The van der Waals surface area contributed by atoms with Crippen LogP contribution < -0.4 is 0 Å². The van der Waals surface area contributed by atoms with Gasteiger partial charge in [-0.15, -0.1) is 0 Å². The molecule has 4 aromatic rings. The number of halogens is 2. The number of aryl methyl sites for hydroxylation is 1. The summed E-state index contributed by atoms with van der Waals surface area (Å²) in [6.07, 6.45) is 4.53. The van der Waals surface area contributed by atoms with E-state index in [9.17, 15) is 4.79 Å². The average molecular weight is 469 g/mol. The summed E-state index contributed by atoms with van der Waals surface area (Å²) in [5, 5.41) is 1.56. The molecule has 0 aliphatic carbocycles. The molecule has 0 radical (unpaired) electrons. The van der Waals surface area contributed by atoms with Crippen molar-refractivity contribution in [3.05, 3.63) is 82.5 Å². The van der Waals surface area contributed by atoms with Gasteiger partial charge in [-0.3, -0.25) is 4.98 Å². The number of benzene rings is 2. The van der Waals surface area contributed by atoms with Crippen molar-refractivity contribution in [2.75, 3.05) is 6.61 Å². The summed E-state index contributed by atoms with van der Waals surface area (Å²) in [7, 11) is 0. The van der Waals surface area contributed by atoms with Crippen LogP contribution in [0.3, 0.4) is 0 Å². The molecule has 0 fully saturated rings. The molecule has 2 heterocycles. The first-order valence-corrected chi connectivity index (χ1v) is 11.5. The Balaban J connectivity index is 1.87. The number of ether oxygens (including phenoxy) is 1. The molecule has 0 saturated heterocycles. The first-order chi connectivity index (χ1) is 15.4. The summed E-state index contributed by atoms with van der Waals surface area (Å²) < 4.78 is 22.3. The van der Waals surface area contributed by atoms with E-state index in [4.69, 9.17) is 16.3 Å². The van der Waals surface area contributed by atoms with Crippen LogP contribution in [-0.2, 0) is 11.2 Å². The Kier molecular flexibility index (Phi) is 6.53. The number of nitrogens with zero attached hydrogens (tertiary/aromatic N) is 2. The molecule has 0 saturated carbocycles. The van der Waals surface area contributed by atoms with Gasteiger partial charge in [0.25, 0.3) is 0 Å². The largest absolute Gasteiger partial charge is 0.462 e. The van der Waals surface area contributed by atoms with Gasteiger partial charge in [0, 0.05) is 32.1 Å². The van der Waals surface area contributed by atoms with Gasteiger partial charge >= 0.3 is 5.97 Å². The summed E-state index contributed by atoms with van der Waals surface area (Å²) in [5.41, 5.74) is 3.81. The van der Waals surface area contributed by atoms with Gasteiger partial charge in [0.1, 0.15) is 0 Å². The molecule has 0 amide bonds. The molecule has 0 N–H and O–H groups in total. The lowest BCUT2D eigenvalue weighted by Gasteiger charge is -2.10. The highest BCUT2D eigenvalue weighted by Crippen LogP contribution is 2.41. The fraction of sp³-hybridized carbons (Fsp3) is 0.200. The summed E-state index contributed by atoms with van der Waals surface area (Å²) in [4.78, 5) is 17.8. The van der Waals surface area contributed by atoms with Crippen LogP contribution in [0.25, 0.3) is 16.6 Å². The summed E-state index contributed by atoms with van der Waals surface area (Å²) in [5.74, 6) is -1.25. The van der Waals surface area contributed by atoms with Crippen LogP contribution in [0.5, 0.6) is 0 Å². The maximum Gasteiger partial charge on any atom is 0.341 e. The highest BCUT2D eigenvalue weighted by molar-refractivity contribution is 7.99. The van der Waals surface area contributed by atoms with Gasteiger partial charge in [-0.25, -0.2) is 9.18 Å². The Bertz CT molecular complexity index is 1320. The predicted octanol–water partition coefficient (Wildman–Crippen LogP) is 7.02. The lowest BCUT2D eigenvalue weighted by Crippen LogP contribution is -2.07. The summed E-state index contributed by atoms with van der Waals surface area (Å²) >= 11 is 7.61. The van der Waals surface area contributed by atoms with Crippen LogP contribution in [0.2, 0.25) is 5.02 Å². The van der Waals surface area contributed by atoms with E-state index in [2.05, 4.69) is 22.5 Å². The van der Waals surface area contributed by atoms with E-state index in [0.29, 0.717) is 9.92 Å². The van der Waals surface area contributed by atoms with Crippen molar-refractivity contribution in [2.24, 2.45) is 0 Å². The van der Waals surface area contributed by atoms with E-state index in [1.165, 1.54) is 17.8 Å². The minimum absolute atomic E-state index is 0.0684. The number of hydrogen-bond donors (Lipinski definition) is 0. The molecule has 0 aliphatic rings. The van der Waals surface area contributed by atoms with E-state index >= 15 is 4.39 Å². The van der Waals surface area contributed by atoms with Gasteiger partial charge in [-0.1, -0.05) is 42.4 Å². The van der Waals surface area contributed by atoms with E-state index in [1.54, 1.807) is 19.1 Å². The Morgan fingerprint density at radius 3 is 2.75 bits per heavy atom. The maximum absolute atomic E-state index is 15.2. The number of esters is 1. The minimum atomic E-state index is -0.666. The SMILES string of the molecule is CCOC(=O)c1cccc(Sc2c(C)n(-c3cncc(CC)c3)c3cc(Cl)ccc23)c1F. The molecule has 4 rings (SSSR count). The number of aromatic nitrogens is 2. The first kappa shape index (κ1) is 22.4. The normalized spacial score (nSPS) is 11.2. The van der Waals surface area contributed by atoms with Crippen LogP contribution in [0, 0.1) is 12.7 Å². The Hall–Kier alpha value is -2.83. The standard InChI is InChI=1S/C25H22ClFN2O2S/c1-4-16-11-18(14-28-13-16)29-15(3)24(19-10-9-17(26)12-21(19)29)32-22-8-6-7-20(23(22)27)25(30)31-5-2/h6-14H,4-5H2,1-3H3. The monoisotopic (exact) mass is 468 g/mol. The second-order valence-electron chi connectivity index (χ2n) is 7.26. The highest BCUT2D eigenvalue weighted by atomic mass is 35.5. The third kappa shape index (κ3) is 4.12. The first-order valence-electron chi connectivity index (χ1n) is 10.3. The van der Waals surface area contributed by atoms with Gasteiger partial charge in [0.05, 0.1) is 29.6 Å². The van der Waals surface area contributed by atoms with Gasteiger partial charge in [0.2, 0.25) is 0 Å². The van der Waals surface area contributed by atoms with Crippen molar-refractivity contribution >= 4 is 40.2 Å². The molecule has 0 spiro atoms. The zero-order chi connectivity index (χ0) is 22.8. The zero-order valence-corrected chi connectivity index (χ0v) is 19.6. The Morgan fingerprint density at radius 2 is 2.00 bits per heavy atom. The number of pyridine rings is 1. The maximum atomic E-state index is 15.2. The smallest absolute Gasteiger partial charge is 0.341 e. The molecule has 0 unspecified atom stereocenters. The van der Waals surface area contributed by atoms with E-state index in [1.807, 2.05) is 37.5 Å². The number of rotatable bonds is 6. The summed E-state index contributed by atoms with van der Waals surface area (Å²) in [6, 6.07) is 12.5. The van der Waals surface area contributed by atoms with Crippen LogP contribution in [0.4, 0.5) is 4.39 Å². The number of fused-ring (bicyclic) bond motifs is 1. The Labute approximate surface area is 195 Å². The molecule has 0 bridgehead atoms. The highest BCUT2D eigenvalue weighted by Gasteiger charge is 2.21. The average Bonchev–Trinajstić information content (AvgIpc) is 3.05. The molecule has 32 heavy (non-hydrogen) atoms. The van der Waals surface area contributed by atoms with Gasteiger partial charge in [0.15, 0.2) is 5.82 Å². The van der Waals surface area contributed by atoms with E-state index < -0.39 is 11.8 Å².